The number of nitrogens with two attached hydrogens (primary N) is 1. The minimum Gasteiger partial charge on any atom is -0.366 e. The summed E-state index contributed by atoms with van der Waals surface area (Å²) in [7, 11) is 0. The van der Waals surface area contributed by atoms with Crippen LogP contribution in [0.2, 0.25) is 0 Å². The van der Waals surface area contributed by atoms with E-state index in [0.717, 1.165) is 17.7 Å². The highest BCUT2D eigenvalue weighted by molar-refractivity contribution is 6.03. The number of rotatable bonds is 7. The van der Waals surface area contributed by atoms with Crippen LogP contribution in [0.4, 0.5) is 23.2 Å². The Morgan fingerprint density at radius 2 is 1.56 bits per heavy atom. The zero-order valence-corrected chi connectivity index (χ0v) is 18.6. The molecule has 10 heteroatoms. The van der Waals surface area contributed by atoms with Crippen LogP contribution >= 0.6 is 0 Å². The standard InChI is InChI=1S/C26H19F4N3O3/c27-18-12-5-15(6-13-18)7-14-20-22(25(31)34)24(19-3-1-2-4-21(19)33(35)36)32-23(20)16-8-10-17(11-9-16)26(28,29)30/h1-6,8-13,32H,7,14H2,(H2,31,34). The van der Waals surface area contributed by atoms with E-state index < -0.39 is 28.4 Å². The molecule has 0 fully saturated rings. The number of aromatic amines is 1. The average molecular weight is 497 g/mol. The molecule has 4 aromatic rings. The first kappa shape index (κ1) is 24.6. The van der Waals surface area contributed by atoms with Crippen molar-refractivity contribution in [3.05, 3.63) is 111 Å². The SMILES string of the molecule is NC(=O)c1c(-c2ccccc2[N+](=O)[O-])[nH]c(-c2ccc(C(F)(F)F)cc2)c1CCc1ccc(F)cc1. The van der Waals surface area contributed by atoms with Crippen LogP contribution in [0.1, 0.15) is 27.0 Å². The lowest BCUT2D eigenvalue weighted by molar-refractivity contribution is -0.384. The van der Waals surface area contributed by atoms with Gasteiger partial charge in [0, 0.05) is 11.8 Å². The lowest BCUT2D eigenvalue weighted by Crippen LogP contribution is -2.14. The summed E-state index contributed by atoms with van der Waals surface area (Å²) in [5.74, 6) is -1.27. The van der Waals surface area contributed by atoms with Gasteiger partial charge in [0.1, 0.15) is 5.82 Å². The molecule has 1 amide bonds. The molecule has 0 aliphatic rings. The number of carbonyl (C=O) groups is 1. The van der Waals surface area contributed by atoms with Crippen molar-refractivity contribution >= 4 is 11.6 Å². The third-order valence-electron chi connectivity index (χ3n) is 5.80. The second-order valence-electron chi connectivity index (χ2n) is 8.07. The minimum absolute atomic E-state index is 0.00121. The summed E-state index contributed by atoms with van der Waals surface area (Å²) >= 11 is 0. The summed E-state index contributed by atoms with van der Waals surface area (Å²) < 4.78 is 52.6. The predicted molar refractivity (Wildman–Crippen MR) is 126 cm³/mol. The molecule has 0 saturated carbocycles. The van der Waals surface area contributed by atoms with Crippen molar-refractivity contribution in [2.45, 2.75) is 19.0 Å². The van der Waals surface area contributed by atoms with E-state index in [2.05, 4.69) is 4.98 Å². The molecular weight excluding hydrogens is 478 g/mol. The van der Waals surface area contributed by atoms with E-state index in [-0.39, 0.29) is 28.9 Å². The third-order valence-corrected chi connectivity index (χ3v) is 5.80. The number of alkyl halides is 3. The first-order chi connectivity index (χ1) is 17.1. The molecule has 0 atom stereocenters. The molecule has 3 N–H and O–H groups in total. The van der Waals surface area contributed by atoms with E-state index in [1.807, 2.05) is 0 Å². The Morgan fingerprint density at radius 1 is 0.917 bits per heavy atom. The van der Waals surface area contributed by atoms with Gasteiger partial charge in [-0.05, 0) is 59.9 Å². The largest absolute Gasteiger partial charge is 0.416 e. The lowest BCUT2D eigenvalue weighted by Gasteiger charge is -2.10. The summed E-state index contributed by atoms with van der Waals surface area (Å²) in [5, 5.41) is 11.6. The van der Waals surface area contributed by atoms with E-state index in [1.165, 1.54) is 42.5 Å². The molecule has 0 saturated heterocycles. The quantitative estimate of drug-likeness (QED) is 0.178. The highest BCUT2D eigenvalue weighted by Crippen LogP contribution is 2.39. The Bertz CT molecular complexity index is 1430. The fourth-order valence-electron chi connectivity index (χ4n) is 4.10. The highest BCUT2D eigenvalue weighted by Gasteiger charge is 2.31. The topological polar surface area (TPSA) is 102 Å². The van der Waals surface area contributed by atoms with Gasteiger partial charge in [-0.25, -0.2) is 4.39 Å². The van der Waals surface area contributed by atoms with Crippen molar-refractivity contribution in [1.29, 1.82) is 0 Å². The number of amides is 1. The summed E-state index contributed by atoms with van der Waals surface area (Å²) in [6.07, 6.45) is -3.98. The number of nitrogens with zero attached hydrogens (tertiary/aromatic N) is 1. The second kappa shape index (κ2) is 9.65. The number of benzene rings is 3. The van der Waals surface area contributed by atoms with Gasteiger partial charge in [-0.3, -0.25) is 14.9 Å². The van der Waals surface area contributed by atoms with Crippen LogP contribution in [-0.4, -0.2) is 15.8 Å². The molecule has 3 aromatic carbocycles. The van der Waals surface area contributed by atoms with Crippen molar-refractivity contribution in [2.24, 2.45) is 5.73 Å². The molecule has 0 bridgehead atoms. The van der Waals surface area contributed by atoms with Crippen molar-refractivity contribution < 1.29 is 27.3 Å². The molecule has 4 rings (SSSR count). The number of para-hydroxylation sites is 1. The highest BCUT2D eigenvalue weighted by atomic mass is 19.4. The van der Waals surface area contributed by atoms with Gasteiger partial charge in [-0.15, -0.1) is 0 Å². The molecule has 0 unspecified atom stereocenters. The summed E-state index contributed by atoms with van der Waals surface area (Å²) in [6, 6.07) is 15.8. The van der Waals surface area contributed by atoms with Crippen LogP contribution in [0.3, 0.4) is 0 Å². The first-order valence-corrected chi connectivity index (χ1v) is 10.8. The van der Waals surface area contributed by atoms with Gasteiger partial charge in [0.25, 0.3) is 11.6 Å². The van der Waals surface area contributed by atoms with Crippen LogP contribution in [0.25, 0.3) is 22.5 Å². The maximum Gasteiger partial charge on any atom is 0.416 e. The van der Waals surface area contributed by atoms with E-state index in [0.29, 0.717) is 23.2 Å². The number of halogens is 4. The van der Waals surface area contributed by atoms with Gasteiger partial charge in [0.15, 0.2) is 0 Å². The zero-order valence-electron chi connectivity index (χ0n) is 18.6. The molecule has 0 radical (unpaired) electrons. The van der Waals surface area contributed by atoms with Crippen LogP contribution in [0.15, 0.2) is 72.8 Å². The molecule has 0 aliphatic heterocycles. The third kappa shape index (κ3) is 4.97. The maximum atomic E-state index is 13.3. The molecule has 1 aromatic heterocycles. The van der Waals surface area contributed by atoms with E-state index in [9.17, 15) is 32.5 Å². The molecule has 1 heterocycles. The molecular formula is C26H19F4N3O3. The van der Waals surface area contributed by atoms with Crippen LogP contribution in [-0.2, 0) is 19.0 Å². The van der Waals surface area contributed by atoms with E-state index >= 15 is 0 Å². The van der Waals surface area contributed by atoms with E-state index in [4.69, 9.17) is 5.73 Å². The van der Waals surface area contributed by atoms with Crippen molar-refractivity contribution in [3.63, 3.8) is 0 Å². The van der Waals surface area contributed by atoms with Crippen molar-refractivity contribution in [3.8, 4) is 22.5 Å². The number of aryl methyl sites for hydroxylation is 1. The Hall–Kier alpha value is -4.47. The van der Waals surface area contributed by atoms with Gasteiger partial charge in [-0.1, -0.05) is 36.4 Å². The normalized spacial score (nSPS) is 11.4. The molecule has 36 heavy (non-hydrogen) atoms. The monoisotopic (exact) mass is 497 g/mol. The number of aromatic nitrogens is 1. The van der Waals surface area contributed by atoms with Gasteiger partial charge in [0.05, 0.1) is 27.3 Å². The lowest BCUT2D eigenvalue weighted by atomic mass is 9.95. The molecule has 6 nitrogen and oxygen atoms in total. The number of primary amides is 1. The van der Waals surface area contributed by atoms with Crippen LogP contribution < -0.4 is 5.73 Å². The Morgan fingerprint density at radius 3 is 2.14 bits per heavy atom. The first-order valence-electron chi connectivity index (χ1n) is 10.8. The van der Waals surface area contributed by atoms with Crippen LogP contribution in [0, 0.1) is 15.9 Å². The fourth-order valence-corrected chi connectivity index (χ4v) is 4.10. The Kier molecular flexibility index (Phi) is 6.61. The summed E-state index contributed by atoms with van der Waals surface area (Å²) in [4.78, 5) is 26.7. The van der Waals surface area contributed by atoms with Crippen LogP contribution in [0.5, 0.6) is 0 Å². The summed E-state index contributed by atoms with van der Waals surface area (Å²) in [5.41, 5.74) is 6.59. The summed E-state index contributed by atoms with van der Waals surface area (Å²) in [6.45, 7) is 0. The van der Waals surface area contributed by atoms with Gasteiger partial charge in [-0.2, -0.15) is 13.2 Å². The Balaban J connectivity index is 1.90. The number of carbonyl (C=O) groups excluding carboxylic acids is 1. The molecule has 184 valence electrons. The van der Waals surface area contributed by atoms with Gasteiger partial charge >= 0.3 is 6.18 Å². The average Bonchev–Trinajstić information content (AvgIpc) is 3.23. The number of nitro benzene ring substituents is 1. The number of nitro groups is 1. The molecule has 0 spiro atoms. The zero-order chi connectivity index (χ0) is 26.0. The maximum absolute atomic E-state index is 13.3. The van der Waals surface area contributed by atoms with Gasteiger partial charge < -0.3 is 10.7 Å². The minimum atomic E-state index is -4.53. The second-order valence-corrected chi connectivity index (χ2v) is 8.07. The predicted octanol–water partition coefficient (Wildman–Crippen LogP) is 6.30. The fraction of sp³-hybridized carbons (Fsp3) is 0.115. The Labute approximate surface area is 202 Å². The smallest absolute Gasteiger partial charge is 0.366 e. The van der Waals surface area contributed by atoms with Gasteiger partial charge in [0.2, 0.25) is 0 Å². The van der Waals surface area contributed by atoms with E-state index in [1.54, 1.807) is 18.2 Å². The number of nitrogens with one attached hydrogen (secondary N) is 1. The number of hydrogen-bond donors (Lipinski definition) is 2. The van der Waals surface area contributed by atoms with Crippen molar-refractivity contribution in [1.82, 2.24) is 4.98 Å². The number of hydrogen-bond acceptors (Lipinski definition) is 3. The van der Waals surface area contributed by atoms with Crippen molar-refractivity contribution in [2.75, 3.05) is 0 Å². The molecule has 0 aliphatic carbocycles. The number of H-pyrrole nitrogens is 1.